The van der Waals surface area contributed by atoms with Gasteiger partial charge in [0, 0.05) is 6.54 Å². The van der Waals surface area contributed by atoms with Crippen LogP contribution in [0.15, 0.2) is 30.3 Å². The first-order chi connectivity index (χ1) is 8.08. The Bertz CT molecular complexity index is 369. The lowest BCUT2D eigenvalue weighted by Crippen LogP contribution is -2.15. The third-order valence-electron chi connectivity index (χ3n) is 2.60. The number of benzene rings is 1. The number of hydrogen-bond donors (Lipinski definition) is 2. The molecule has 0 aliphatic heterocycles. The van der Waals surface area contributed by atoms with Gasteiger partial charge in [0.1, 0.15) is 0 Å². The summed E-state index contributed by atoms with van der Waals surface area (Å²) in [7, 11) is -3.66. The quantitative estimate of drug-likeness (QED) is 0.447. The van der Waals surface area contributed by atoms with Gasteiger partial charge in [-0.1, -0.05) is 43.7 Å². The first-order valence-electron chi connectivity index (χ1n) is 5.86. The molecule has 96 valence electrons. The zero-order chi connectivity index (χ0) is 12.7. The molecule has 2 unspecified atom stereocenters. The van der Waals surface area contributed by atoms with Crippen molar-refractivity contribution in [3.8, 4) is 0 Å². The summed E-state index contributed by atoms with van der Waals surface area (Å²) in [6.07, 6.45) is 1.93. The summed E-state index contributed by atoms with van der Waals surface area (Å²) in [6, 6.07) is 9.21. The minimum atomic E-state index is -3.66. The average Bonchev–Trinajstić information content (AvgIpc) is 2.35. The van der Waals surface area contributed by atoms with Crippen LogP contribution in [0.4, 0.5) is 0 Å². The number of unbranched alkanes of at least 4 members (excludes halogenated alkanes) is 1. The maximum absolute atomic E-state index is 11.9. The molecule has 0 aliphatic rings. The van der Waals surface area contributed by atoms with Crippen LogP contribution in [-0.4, -0.2) is 11.4 Å². The molecular weight excluding hydrogens is 237 g/mol. The fourth-order valence-electron chi connectivity index (χ4n) is 1.39. The fraction of sp³-hybridized carbons (Fsp3) is 0.500. The molecule has 5 heteroatoms. The molecular formula is C12H20NO3P. The maximum Gasteiger partial charge on any atom is 0.351 e. The minimum Gasteiger partial charge on any atom is -0.323 e. The van der Waals surface area contributed by atoms with Crippen molar-refractivity contribution in [1.82, 2.24) is 5.48 Å². The minimum absolute atomic E-state index is 0.530. The molecule has 0 saturated heterocycles. The van der Waals surface area contributed by atoms with Gasteiger partial charge in [-0.25, -0.2) is 4.62 Å². The Kier molecular flexibility index (Phi) is 5.86. The van der Waals surface area contributed by atoms with Crippen molar-refractivity contribution in [1.29, 1.82) is 0 Å². The highest BCUT2D eigenvalue weighted by Gasteiger charge is 2.30. The Morgan fingerprint density at radius 2 is 2.06 bits per heavy atom. The van der Waals surface area contributed by atoms with E-state index in [1.807, 2.05) is 37.3 Å². The molecule has 1 aromatic rings. The predicted octanol–water partition coefficient (Wildman–Crippen LogP) is 3.25. The highest BCUT2D eigenvalue weighted by Crippen LogP contribution is 2.55. The van der Waals surface area contributed by atoms with E-state index >= 15 is 0 Å². The normalized spacial score (nSPS) is 16.4. The van der Waals surface area contributed by atoms with Crippen LogP contribution in [0.25, 0.3) is 0 Å². The van der Waals surface area contributed by atoms with E-state index in [0.717, 1.165) is 18.4 Å². The lowest BCUT2D eigenvalue weighted by molar-refractivity contribution is 0.160. The van der Waals surface area contributed by atoms with E-state index in [2.05, 4.69) is 5.48 Å². The van der Waals surface area contributed by atoms with Gasteiger partial charge in [0.2, 0.25) is 0 Å². The smallest absolute Gasteiger partial charge is 0.323 e. The maximum atomic E-state index is 11.9. The highest BCUT2D eigenvalue weighted by molar-refractivity contribution is 7.53. The summed E-state index contributed by atoms with van der Waals surface area (Å²) in [6.45, 7) is 4.33. The third-order valence-corrected chi connectivity index (χ3v) is 4.27. The second-order valence-electron chi connectivity index (χ2n) is 3.99. The van der Waals surface area contributed by atoms with Crippen LogP contribution >= 0.6 is 7.60 Å². The number of rotatable bonds is 7. The van der Waals surface area contributed by atoms with Crippen LogP contribution in [0.5, 0.6) is 0 Å². The Morgan fingerprint density at radius 1 is 1.41 bits per heavy atom. The van der Waals surface area contributed by atoms with Gasteiger partial charge in [0.05, 0.1) is 5.66 Å². The standard InChI is InChI=1S/C12H20NO3P/c1-3-4-10-13-16-17(14,15)11(2)12-8-6-5-7-9-12/h5-9,11,13H,3-4,10H2,1-2H3,(H,14,15). The Morgan fingerprint density at radius 3 is 2.65 bits per heavy atom. The van der Waals surface area contributed by atoms with Crippen LogP contribution in [0.2, 0.25) is 0 Å². The summed E-state index contributed by atoms with van der Waals surface area (Å²) in [4.78, 5) is 9.81. The zero-order valence-corrected chi connectivity index (χ0v) is 11.2. The molecule has 0 aromatic heterocycles. The van der Waals surface area contributed by atoms with E-state index in [1.54, 1.807) is 6.92 Å². The number of hydrogen-bond acceptors (Lipinski definition) is 3. The average molecular weight is 257 g/mol. The van der Waals surface area contributed by atoms with Crippen LogP contribution in [0.1, 0.15) is 37.9 Å². The SMILES string of the molecule is CCCCNOP(=O)(O)C(C)c1ccccc1. The third kappa shape index (κ3) is 4.60. The van der Waals surface area contributed by atoms with Crippen molar-refractivity contribution in [2.75, 3.05) is 6.54 Å². The van der Waals surface area contributed by atoms with Gasteiger partial charge in [0.15, 0.2) is 0 Å². The van der Waals surface area contributed by atoms with Crippen LogP contribution in [0, 0.1) is 0 Å². The van der Waals surface area contributed by atoms with Gasteiger partial charge in [-0.15, -0.1) is 0 Å². The molecule has 2 atom stereocenters. The van der Waals surface area contributed by atoms with E-state index in [0.29, 0.717) is 6.54 Å². The lowest BCUT2D eigenvalue weighted by atomic mass is 10.2. The number of nitrogens with one attached hydrogen (secondary N) is 1. The topological polar surface area (TPSA) is 58.6 Å². The van der Waals surface area contributed by atoms with Crippen LogP contribution in [-0.2, 0) is 9.19 Å². The van der Waals surface area contributed by atoms with Crippen molar-refractivity contribution < 1.29 is 14.1 Å². The van der Waals surface area contributed by atoms with Gasteiger partial charge >= 0.3 is 7.60 Å². The van der Waals surface area contributed by atoms with Gasteiger partial charge < -0.3 is 4.89 Å². The largest absolute Gasteiger partial charge is 0.351 e. The van der Waals surface area contributed by atoms with E-state index in [1.165, 1.54) is 0 Å². The van der Waals surface area contributed by atoms with Crippen molar-refractivity contribution in [2.24, 2.45) is 0 Å². The van der Waals surface area contributed by atoms with E-state index in [4.69, 9.17) is 4.62 Å². The predicted molar refractivity (Wildman–Crippen MR) is 68.7 cm³/mol. The molecule has 0 radical (unpaired) electrons. The molecule has 4 nitrogen and oxygen atoms in total. The summed E-state index contributed by atoms with van der Waals surface area (Å²) in [5.74, 6) is 0. The summed E-state index contributed by atoms with van der Waals surface area (Å²) in [5, 5.41) is 0. The Labute approximate surface area is 102 Å². The molecule has 0 heterocycles. The molecule has 0 amide bonds. The molecule has 0 saturated carbocycles. The summed E-state index contributed by atoms with van der Waals surface area (Å²) in [5.41, 5.74) is 2.84. The van der Waals surface area contributed by atoms with Gasteiger partial charge in [0.25, 0.3) is 0 Å². The molecule has 0 aliphatic carbocycles. The van der Waals surface area contributed by atoms with E-state index < -0.39 is 13.3 Å². The molecule has 0 bridgehead atoms. The van der Waals surface area contributed by atoms with Gasteiger partial charge in [-0.3, -0.25) is 4.57 Å². The van der Waals surface area contributed by atoms with E-state index in [-0.39, 0.29) is 0 Å². The molecule has 0 spiro atoms. The molecule has 2 N–H and O–H groups in total. The second kappa shape index (κ2) is 6.92. The van der Waals surface area contributed by atoms with Gasteiger partial charge in [-0.05, 0) is 18.9 Å². The first-order valence-corrected chi connectivity index (χ1v) is 7.51. The van der Waals surface area contributed by atoms with Crippen molar-refractivity contribution in [2.45, 2.75) is 32.3 Å². The highest BCUT2D eigenvalue weighted by atomic mass is 31.2. The number of hydroxylamine groups is 1. The van der Waals surface area contributed by atoms with E-state index in [9.17, 15) is 9.46 Å². The van der Waals surface area contributed by atoms with Crippen LogP contribution in [0.3, 0.4) is 0 Å². The van der Waals surface area contributed by atoms with Gasteiger partial charge in [-0.2, -0.15) is 5.48 Å². The Hall–Kier alpha value is -0.670. The monoisotopic (exact) mass is 257 g/mol. The Balaban J connectivity index is 2.55. The summed E-state index contributed by atoms with van der Waals surface area (Å²) < 4.78 is 16.9. The van der Waals surface area contributed by atoms with Crippen molar-refractivity contribution >= 4 is 7.60 Å². The second-order valence-corrected chi connectivity index (χ2v) is 6.08. The first kappa shape index (κ1) is 14.4. The summed E-state index contributed by atoms with van der Waals surface area (Å²) >= 11 is 0. The fourth-order valence-corrected chi connectivity index (χ4v) is 2.37. The molecule has 1 aromatic carbocycles. The molecule has 0 fully saturated rings. The van der Waals surface area contributed by atoms with Crippen LogP contribution < -0.4 is 5.48 Å². The lowest BCUT2D eigenvalue weighted by Gasteiger charge is -2.19. The molecule has 17 heavy (non-hydrogen) atoms. The molecule has 1 rings (SSSR count). The van der Waals surface area contributed by atoms with Crippen molar-refractivity contribution in [3.05, 3.63) is 35.9 Å². The zero-order valence-electron chi connectivity index (χ0n) is 10.3. The van der Waals surface area contributed by atoms with Crippen molar-refractivity contribution in [3.63, 3.8) is 0 Å².